The third-order valence-corrected chi connectivity index (χ3v) is 5.00. The van der Waals surface area contributed by atoms with E-state index in [1.807, 2.05) is 6.07 Å². The number of nitrogens with one attached hydrogen (secondary N) is 2. The smallest absolute Gasteiger partial charge is 0.407 e. The number of hydrogen-bond acceptors (Lipinski definition) is 7. The summed E-state index contributed by atoms with van der Waals surface area (Å²) in [5, 5.41) is 10.2. The fraction of sp³-hybridized carbons (Fsp3) is 0.579. The first-order chi connectivity index (χ1) is 13.6. The molecule has 0 bridgehead atoms. The number of piperidine rings is 1. The van der Waals surface area contributed by atoms with Crippen LogP contribution in [0.5, 0.6) is 5.88 Å². The van der Waals surface area contributed by atoms with Crippen molar-refractivity contribution in [2.45, 2.75) is 32.6 Å². The van der Waals surface area contributed by atoms with E-state index in [-0.39, 0.29) is 11.7 Å². The first kappa shape index (κ1) is 19.9. The van der Waals surface area contributed by atoms with E-state index in [0.29, 0.717) is 35.7 Å². The molecule has 3 rings (SSSR count). The fourth-order valence-electron chi connectivity index (χ4n) is 3.34. The molecule has 28 heavy (non-hydrogen) atoms. The monoisotopic (exact) mass is 389 g/mol. The number of hydrogen-bond donors (Lipinski definition) is 2. The van der Waals surface area contributed by atoms with Crippen LogP contribution in [0.4, 0.5) is 10.6 Å². The largest absolute Gasteiger partial charge is 0.480 e. The van der Waals surface area contributed by atoms with Crippen LogP contribution in [0.2, 0.25) is 0 Å². The number of aromatic amines is 1. The normalized spacial score (nSPS) is 14.9. The second-order valence-corrected chi connectivity index (χ2v) is 6.95. The molecular formula is C19H27N5O4. The molecule has 1 amide bonds. The number of H-pyrrole nitrogens is 1. The van der Waals surface area contributed by atoms with Gasteiger partial charge in [-0.05, 0) is 31.2 Å². The van der Waals surface area contributed by atoms with Crippen molar-refractivity contribution in [3.05, 3.63) is 22.6 Å². The molecule has 1 aliphatic heterocycles. The van der Waals surface area contributed by atoms with E-state index in [0.717, 1.165) is 44.6 Å². The van der Waals surface area contributed by atoms with Crippen molar-refractivity contribution in [2.75, 3.05) is 38.3 Å². The van der Waals surface area contributed by atoms with Crippen LogP contribution in [-0.4, -0.2) is 54.6 Å². The number of methoxy groups -OCH3 is 1. The molecule has 1 fully saturated rings. The summed E-state index contributed by atoms with van der Waals surface area (Å²) in [6, 6.07) is 1.86. The van der Waals surface area contributed by atoms with Gasteiger partial charge in [0.2, 0.25) is 5.88 Å². The highest BCUT2D eigenvalue weighted by Gasteiger charge is 2.22. The van der Waals surface area contributed by atoms with Gasteiger partial charge in [0, 0.05) is 25.0 Å². The number of fused-ring (bicyclic) bond motifs is 1. The Bertz CT molecular complexity index is 861. The molecule has 0 spiro atoms. The van der Waals surface area contributed by atoms with E-state index in [2.05, 4.69) is 32.3 Å². The van der Waals surface area contributed by atoms with Crippen LogP contribution in [0.15, 0.2) is 17.1 Å². The van der Waals surface area contributed by atoms with Crippen LogP contribution in [0, 0.1) is 5.92 Å². The van der Waals surface area contributed by atoms with Crippen LogP contribution in [0.3, 0.4) is 0 Å². The summed E-state index contributed by atoms with van der Waals surface area (Å²) >= 11 is 0. The van der Waals surface area contributed by atoms with E-state index in [1.165, 1.54) is 7.11 Å². The molecule has 0 unspecified atom stereocenters. The number of aromatic nitrogens is 3. The van der Waals surface area contributed by atoms with Gasteiger partial charge in [0.25, 0.3) is 5.56 Å². The van der Waals surface area contributed by atoms with Crippen molar-refractivity contribution in [1.29, 1.82) is 0 Å². The number of carbonyl (C=O) groups excluding carboxylic acids is 1. The van der Waals surface area contributed by atoms with Gasteiger partial charge in [-0.25, -0.2) is 9.89 Å². The predicted octanol–water partition coefficient (Wildman–Crippen LogP) is 2.07. The lowest BCUT2D eigenvalue weighted by molar-refractivity contribution is 0.142. The number of nitrogens with zero attached hydrogens (tertiary/aromatic N) is 3. The van der Waals surface area contributed by atoms with Crippen LogP contribution in [-0.2, 0) is 4.74 Å². The topological polar surface area (TPSA) is 109 Å². The highest BCUT2D eigenvalue weighted by atomic mass is 16.5. The lowest BCUT2D eigenvalue weighted by Gasteiger charge is -2.33. The highest BCUT2D eigenvalue weighted by Crippen LogP contribution is 2.27. The van der Waals surface area contributed by atoms with Gasteiger partial charge in [0.15, 0.2) is 0 Å². The third-order valence-electron chi connectivity index (χ3n) is 5.00. The zero-order chi connectivity index (χ0) is 19.9. The summed E-state index contributed by atoms with van der Waals surface area (Å²) in [5.41, 5.74) is -0.316. The molecule has 9 heteroatoms. The van der Waals surface area contributed by atoms with Gasteiger partial charge in [-0.1, -0.05) is 13.3 Å². The van der Waals surface area contributed by atoms with Gasteiger partial charge >= 0.3 is 6.09 Å². The Labute approximate surface area is 163 Å². The van der Waals surface area contributed by atoms with Gasteiger partial charge in [0.1, 0.15) is 11.2 Å². The van der Waals surface area contributed by atoms with Crippen molar-refractivity contribution < 1.29 is 14.3 Å². The number of amides is 1. The zero-order valence-electron chi connectivity index (χ0n) is 16.4. The van der Waals surface area contributed by atoms with Crippen molar-refractivity contribution in [3.8, 4) is 5.88 Å². The van der Waals surface area contributed by atoms with E-state index in [4.69, 9.17) is 9.47 Å². The lowest BCUT2D eigenvalue weighted by atomic mass is 9.97. The molecule has 0 aromatic carbocycles. The Kier molecular flexibility index (Phi) is 6.67. The SMILES string of the molecule is CCCCOC(=O)NCC1CCN(c2cc3cn[nH]c(=O)c3c(OC)n2)CC1. The number of pyridine rings is 1. The minimum Gasteiger partial charge on any atom is -0.480 e. The van der Waals surface area contributed by atoms with E-state index >= 15 is 0 Å². The molecule has 152 valence electrons. The molecule has 0 radical (unpaired) electrons. The highest BCUT2D eigenvalue weighted by molar-refractivity contribution is 5.87. The second kappa shape index (κ2) is 9.38. The second-order valence-electron chi connectivity index (χ2n) is 6.95. The van der Waals surface area contributed by atoms with Crippen LogP contribution >= 0.6 is 0 Å². The maximum atomic E-state index is 12.0. The Morgan fingerprint density at radius 2 is 2.18 bits per heavy atom. The zero-order valence-corrected chi connectivity index (χ0v) is 16.4. The van der Waals surface area contributed by atoms with Crippen molar-refractivity contribution in [2.24, 2.45) is 5.92 Å². The number of rotatable bonds is 7. The molecule has 0 saturated carbocycles. The first-order valence-electron chi connectivity index (χ1n) is 9.70. The van der Waals surface area contributed by atoms with Crippen LogP contribution < -0.4 is 20.5 Å². The summed E-state index contributed by atoms with van der Waals surface area (Å²) in [7, 11) is 1.50. The van der Waals surface area contributed by atoms with Crippen LogP contribution in [0.25, 0.3) is 10.8 Å². The predicted molar refractivity (Wildman–Crippen MR) is 106 cm³/mol. The van der Waals surface area contributed by atoms with Gasteiger partial charge < -0.3 is 19.7 Å². The first-order valence-corrected chi connectivity index (χ1v) is 9.70. The summed E-state index contributed by atoms with van der Waals surface area (Å²) in [4.78, 5) is 30.3. The Morgan fingerprint density at radius 1 is 1.39 bits per heavy atom. The van der Waals surface area contributed by atoms with E-state index < -0.39 is 0 Å². The third kappa shape index (κ3) is 4.71. The average Bonchev–Trinajstić information content (AvgIpc) is 2.72. The molecule has 3 heterocycles. The summed E-state index contributed by atoms with van der Waals surface area (Å²) in [5.74, 6) is 1.47. The maximum absolute atomic E-state index is 12.0. The van der Waals surface area contributed by atoms with E-state index in [1.54, 1.807) is 6.20 Å². The summed E-state index contributed by atoms with van der Waals surface area (Å²) < 4.78 is 10.4. The Hall–Kier alpha value is -2.84. The molecule has 1 aliphatic rings. The number of unbranched alkanes of at least 4 members (excludes halogenated alkanes) is 1. The molecule has 9 nitrogen and oxygen atoms in total. The van der Waals surface area contributed by atoms with Gasteiger partial charge in [-0.2, -0.15) is 10.1 Å². The number of anilines is 1. The number of ether oxygens (including phenoxy) is 2. The van der Waals surface area contributed by atoms with Gasteiger partial charge in [0.05, 0.1) is 19.9 Å². The van der Waals surface area contributed by atoms with Crippen molar-refractivity contribution in [3.63, 3.8) is 0 Å². The lowest BCUT2D eigenvalue weighted by Crippen LogP contribution is -2.39. The maximum Gasteiger partial charge on any atom is 0.407 e. The summed E-state index contributed by atoms with van der Waals surface area (Å²) in [6.07, 6.45) is 5.02. The van der Waals surface area contributed by atoms with Gasteiger partial charge in [-0.3, -0.25) is 4.79 Å². The number of alkyl carbamates (subject to hydrolysis) is 1. The van der Waals surface area contributed by atoms with E-state index in [9.17, 15) is 9.59 Å². The van der Waals surface area contributed by atoms with Crippen LogP contribution in [0.1, 0.15) is 32.6 Å². The molecule has 0 aliphatic carbocycles. The molecular weight excluding hydrogens is 362 g/mol. The van der Waals surface area contributed by atoms with Gasteiger partial charge in [-0.15, -0.1) is 0 Å². The minimum absolute atomic E-state index is 0.301. The quantitative estimate of drug-likeness (QED) is 0.698. The Balaban J connectivity index is 1.58. The van der Waals surface area contributed by atoms with Crippen molar-refractivity contribution >= 4 is 22.7 Å². The molecule has 2 aromatic heterocycles. The fourth-order valence-corrected chi connectivity index (χ4v) is 3.34. The minimum atomic E-state index is -0.338. The average molecular weight is 389 g/mol. The molecule has 1 saturated heterocycles. The Morgan fingerprint density at radius 3 is 2.89 bits per heavy atom. The number of carbonyl (C=O) groups is 1. The molecule has 2 N–H and O–H groups in total. The molecule has 0 atom stereocenters. The van der Waals surface area contributed by atoms with Crippen molar-refractivity contribution in [1.82, 2.24) is 20.5 Å². The standard InChI is InChI=1S/C19H27N5O4/c1-3-4-9-28-19(26)20-11-13-5-7-24(8-6-13)15-10-14-12-21-23-17(25)16(14)18(22-15)27-2/h10,12-13H,3-9,11H2,1-2H3,(H,20,26)(H,23,25). The molecule has 2 aromatic rings. The summed E-state index contributed by atoms with van der Waals surface area (Å²) in [6.45, 7) is 4.77.